The molecule has 0 saturated heterocycles. The Morgan fingerprint density at radius 2 is 1.72 bits per heavy atom. The number of carbonyl (C=O) groups is 1. The van der Waals surface area contributed by atoms with Gasteiger partial charge in [0.2, 0.25) is 0 Å². The Morgan fingerprint density at radius 1 is 0.930 bits per heavy atom. The molecule has 11 heteroatoms. The second-order valence-electron chi connectivity index (χ2n) is 10.6. The predicted octanol–water partition coefficient (Wildman–Crippen LogP) is 6.19. The summed E-state index contributed by atoms with van der Waals surface area (Å²) in [5.41, 5.74) is 3.78. The number of sulfonamides is 1. The van der Waals surface area contributed by atoms with Crippen molar-refractivity contribution in [3.05, 3.63) is 108 Å². The maximum Gasteiger partial charge on any atom is 0.421 e. The quantitative estimate of drug-likeness (QED) is 0.215. The Balaban J connectivity index is 1.50. The molecule has 0 aliphatic carbocycles. The van der Waals surface area contributed by atoms with Gasteiger partial charge in [-0.3, -0.25) is 9.97 Å². The first-order valence-electron chi connectivity index (χ1n) is 13.5. The van der Waals surface area contributed by atoms with Crippen LogP contribution in [0.2, 0.25) is 0 Å². The minimum absolute atomic E-state index is 0.402. The van der Waals surface area contributed by atoms with Gasteiger partial charge < -0.3 is 10.1 Å². The maximum atomic E-state index is 12.4. The van der Waals surface area contributed by atoms with Crippen molar-refractivity contribution in [1.29, 1.82) is 0 Å². The van der Waals surface area contributed by atoms with Gasteiger partial charge in [0.1, 0.15) is 11.4 Å². The lowest BCUT2D eigenvalue weighted by molar-refractivity contribution is 0.0571. The van der Waals surface area contributed by atoms with Crippen molar-refractivity contribution in [1.82, 2.24) is 24.7 Å². The van der Waals surface area contributed by atoms with E-state index in [-0.39, 0.29) is 0 Å². The molecule has 1 amide bonds. The van der Waals surface area contributed by atoms with E-state index in [1.807, 2.05) is 71.5 Å². The number of benzene rings is 2. The zero-order valence-corrected chi connectivity index (χ0v) is 24.7. The van der Waals surface area contributed by atoms with Crippen LogP contribution in [0.4, 0.5) is 10.6 Å². The summed E-state index contributed by atoms with van der Waals surface area (Å²) in [6.07, 6.45) is 5.11. The van der Waals surface area contributed by atoms with Gasteiger partial charge in [-0.2, -0.15) is 0 Å². The molecule has 0 aliphatic rings. The van der Waals surface area contributed by atoms with Crippen LogP contribution in [0.5, 0.6) is 0 Å². The first-order valence-corrected chi connectivity index (χ1v) is 15.0. The topological polar surface area (TPSA) is 136 Å². The van der Waals surface area contributed by atoms with Gasteiger partial charge in [-0.25, -0.2) is 27.9 Å². The molecule has 2 aromatic carbocycles. The molecule has 3 aromatic heterocycles. The largest absolute Gasteiger partial charge is 0.443 e. The second-order valence-corrected chi connectivity index (χ2v) is 12.2. The third-order valence-electron chi connectivity index (χ3n) is 6.05. The molecular formula is C32H30N6O4S. The van der Waals surface area contributed by atoms with E-state index in [1.54, 1.807) is 39.2 Å². The molecule has 0 spiro atoms. The first kappa shape index (κ1) is 29.3. The van der Waals surface area contributed by atoms with E-state index in [0.29, 0.717) is 29.3 Å². The summed E-state index contributed by atoms with van der Waals surface area (Å²) >= 11 is 0. The molecule has 10 nitrogen and oxygen atoms in total. The first-order chi connectivity index (χ1) is 20.6. The molecule has 5 rings (SSSR count). The van der Waals surface area contributed by atoms with Crippen LogP contribution in [-0.2, 0) is 21.3 Å². The van der Waals surface area contributed by atoms with Crippen LogP contribution in [0.15, 0.2) is 96.8 Å². The fraction of sp³-hybridized carbons (Fsp3) is 0.156. The monoisotopic (exact) mass is 594 g/mol. The molecule has 0 aliphatic heterocycles. The minimum Gasteiger partial charge on any atom is -0.443 e. The van der Waals surface area contributed by atoms with E-state index in [2.05, 4.69) is 15.3 Å². The molecule has 0 fully saturated rings. The van der Waals surface area contributed by atoms with Crippen molar-refractivity contribution in [3.63, 3.8) is 0 Å². The molecule has 5 aromatic rings. The fourth-order valence-electron chi connectivity index (χ4n) is 4.26. The molecule has 3 heterocycles. The van der Waals surface area contributed by atoms with Crippen LogP contribution < -0.4 is 10.0 Å². The van der Waals surface area contributed by atoms with E-state index in [4.69, 9.17) is 14.7 Å². The highest BCUT2D eigenvalue weighted by Crippen LogP contribution is 2.34. The third-order valence-corrected chi connectivity index (χ3v) is 7.00. The Labute approximate surface area is 250 Å². The number of carbonyl (C=O) groups excluding carboxylic acids is 1. The summed E-state index contributed by atoms with van der Waals surface area (Å²) in [7, 11) is -4.11. The number of amides is 1. The standard InChI is InChI=1S/C32H30N6O4S/c1-32(2,3)42-31(39)38-43(40,41)17-15-22-18-24(20-33-19-22)29-36-27-14-9-13-26(23-10-5-4-6-11-23)28(27)30(37-29)35-21-25-12-7-8-16-34-25/h4-20H,21H2,1-3H3,(H,38,39)(H,35,36,37)/b17-15+. The van der Waals surface area contributed by atoms with Gasteiger partial charge in [-0.15, -0.1) is 0 Å². The summed E-state index contributed by atoms with van der Waals surface area (Å²) in [6.45, 7) is 5.37. The molecule has 0 unspecified atom stereocenters. The predicted molar refractivity (Wildman–Crippen MR) is 167 cm³/mol. The van der Waals surface area contributed by atoms with Crippen LogP contribution in [0.1, 0.15) is 32.0 Å². The van der Waals surface area contributed by atoms with Crippen molar-refractivity contribution in [2.45, 2.75) is 32.9 Å². The van der Waals surface area contributed by atoms with Crippen molar-refractivity contribution in [2.24, 2.45) is 0 Å². The lowest BCUT2D eigenvalue weighted by Crippen LogP contribution is -2.35. The molecule has 2 N–H and O–H groups in total. The van der Waals surface area contributed by atoms with Crippen LogP contribution in [0.3, 0.4) is 0 Å². The van der Waals surface area contributed by atoms with Gasteiger partial charge in [0.05, 0.1) is 28.5 Å². The van der Waals surface area contributed by atoms with Crippen LogP contribution in [0, 0.1) is 0 Å². The van der Waals surface area contributed by atoms with E-state index in [1.165, 1.54) is 12.3 Å². The fourth-order valence-corrected chi connectivity index (χ4v) is 4.94. The Bertz CT molecular complexity index is 1890. The zero-order chi connectivity index (χ0) is 30.5. The molecule has 0 atom stereocenters. The number of rotatable bonds is 8. The number of fused-ring (bicyclic) bond motifs is 1. The van der Waals surface area contributed by atoms with E-state index < -0.39 is 21.7 Å². The van der Waals surface area contributed by atoms with Crippen molar-refractivity contribution < 1.29 is 17.9 Å². The Kier molecular flexibility index (Phi) is 8.44. The molecule has 0 radical (unpaired) electrons. The maximum absolute atomic E-state index is 12.4. The van der Waals surface area contributed by atoms with Crippen LogP contribution in [-0.4, -0.2) is 40.0 Å². The van der Waals surface area contributed by atoms with Gasteiger partial charge in [0, 0.05) is 24.2 Å². The Morgan fingerprint density at radius 3 is 2.47 bits per heavy atom. The summed E-state index contributed by atoms with van der Waals surface area (Å²) in [5.74, 6) is 1.02. The number of anilines is 1. The van der Waals surface area contributed by atoms with Gasteiger partial charge in [0.15, 0.2) is 5.82 Å². The normalized spacial score (nSPS) is 11.9. The Hall–Kier alpha value is -5.16. The number of hydrogen-bond acceptors (Lipinski definition) is 9. The van der Waals surface area contributed by atoms with Gasteiger partial charge in [-0.05, 0) is 67.8 Å². The SMILES string of the molecule is CC(C)(C)OC(=O)NS(=O)(=O)/C=C/c1cncc(-c2nc(NCc3ccccn3)c3c(-c4ccccc4)cccc3n2)c1. The second kappa shape index (κ2) is 12.4. The molecule has 218 valence electrons. The highest BCUT2D eigenvalue weighted by atomic mass is 32.2. The molecular weight excluding hydrogens is 564 g/mol. The number of nitrogens with one attached hydrogen (secondary N) is 2. The zero-order valence-electron chi connectivity index (χ0n) is 23.9. The van der Waals surface area contributed by atoms with Gasteiger partial charge in [-0.1, -0.05) is 48.5 Å². The summed E-state index contributed by atoms with van der Waals surface area (Å²) in [5, 5.41) is 5.18. The number of hydrogen-bond donors (Lipinski definition) is 2. The average molecular weight is 595 g/mol. The van der Waals surface area contributed by atoms with E-state index in [9.17, 15) is 13.2 Å². The minimum atomic E-state index is -4.11. The van der Waals surface area contributed by atoms with Crippen molar-refractivity contribution in [2.75, 3.05) is 5.32 Å². The highest BCUT2D eigenvalue weighted by Gasteiger charge is 2.20. The third kappa shape index (κ3) is 7.77. The van der Waals surface area contributed by atoms with Gasteiger partial charge >= 0.3 is 6.09 Å². The number of nitrogens with zero attached hydrogens (tertiary/aromatic N) is 4. The van der Waals surface area contributed by atoms with E-state index in [0.717, 1.165) is 33.1 Å². The smallest absolute Gasteiger partial charge is 0.421 e. The molecule has 0 saturated carbocycles. The van der Waals surface area contributed by atoms with Crippen molar-refractivity contribution >= 4 is 38.9 Å². The average Bonchev–Trinajstić information content (AvgIpc) is 2.98. The molecule has 0 bridgehead atoms. The van der Waals surface area contributed by atoms with Gasteiger partial charge in [0.25, 0.3) is 10.0 Å². The van der Waals surface area contributed by atoms with Crippen LogP contribution >= 0.6 is 0 Å². The number of pyridine rings is 2. The molecule has 43 heavy (non-hydrogen) atoms. The lowest BCUT2D eigenvalue weighted by atomic mass is 10.0. The lowest BCUT2D eigenvalue weighted by Gasteiger charge is -2.19. The summed E-state index contributed by atoms with van der Waals surface area (Å²) in [6, 6.07) is 23.4. The van der Waals surface area contributed by atoms with Crippen molar-refractivity contribution in [3.8, 4) is 22.5 Å². The number of ether oxygens (including phenoxy) is 1. The summed E-state index contributed by atoms with van der Waals surface area (Å²) < 4.78 is 31.8. The highest BCUT2D eigenvalue weighted by molar-refractivity contribution is 7.93. The summed E-state index contributed by atoms with van der Waals surface area (Å²) in [4.78, 5) is 30.4. The van der Waals surface area contributed by atoms with E-state index >= 15 is 0 Å². The number of aromatic nitrogens is 4. The van der Waals surface area contributed by atoms with Crippen LogP contribution in [0.25, 0.3) is 39.5 Å².